The molecule has 0 spiro atoms. The molecule has 0 heterocycles. The van der Waals surface area contributed by atoms with Gasteiger partial charge in [0.25, 0.3) is 0 Å². The highest BCUT2D eigenvalue weighted by Gasteiger charge is 2.57. The highest BCUT2D eigenvalue weighted by Crippen LogP contribution is 2.61. The van der Waals surface area contributed by atoms with Crippen molar-refractivity contribution in [3.05, 3.63) is 35.9 Å². The zero-order valence-electron chi connectivity index (χ0n) is 14.7. The Labute approximate surface area is 142 Å². The highest BCUT2D eigenvalue weighted by atomic mass is 16.5. The lowest BCUT2D eigenvalue weighted by Crippen LogP contribution is -2.34. The Kier molecular flexibility index (Phi) is 5.42. The fourth-order valence-electron chi connectivity index (χ4n) is 3.44. The molecule has 0 bridgehead atoms. The molecule has 5 heteroatoms. The fraction of sp³-hybridized carbons (Fsp3) is 0.526. The number of rotatable bonds is 7. The molecule has 1 aliphatic rings. The van der Waals surface area contributed by atoms with E-state index in [1.807, 2.05) is 18.2 Å². The van der Waals surface area contributed by atoms with Gasteiger partial charge < -0.3 is 14.8 Å². The summed E-state index contributed by atoms with van der Waals surface area (Å²) in [6.45, 7) is 5.73. The summed E-state index contributed by atoms with van der Waals surface area (Å²) >= 11 is 0. The number of hydrogen-bond donors (Lipinski definition) is 1. The molecule has 0 radical (unpaired) electrons. The predicted octanol–water partition coefficient (Wildman–Crippen LogP) is 2.66. The highest BCUT2D eigenvalue weighted by molar-refractivity contribution is 5.86. The van der Waals surface area contributed by atoms with Crippen LogP contribution in [0.25, 0.3) is 0 Å². The second kappa shape index (κ2) is 7.16. The maximum absolute atomic E-state index is 12.4. The Morgan fingerprint density at radius 1 is 1.12 bits per heavy atom. The van der Waals surface area contributed by atoms with E-state index in [1.54, 1.807) is 19.1 Å². The number of carbonyl (C=O) groups is 3. The standard InChI is InChI=1S/C19H25NO4/c1-12(21)10-14-15(19(14,2)3)11-16(22)20-17(18(23)24-4)13-8-6-5-7-9-13/h5-9,14-15,17H,10-11H2,1-4H3,(H,20,22)/t14-,15+,17-/m0/s1. The number of Topliss-reactive ketones (excluding diaryl/α,β-unsaturated/α-hetero) is 1. The first-order valence-corrected chi connectivity index (χ1v) is 8.19. The molecule has 0 aliphatic heterocycles. The number of amides is 1. The van der Waals surface area contributed by atoms with Crippen LogP contribution in [0.4, 0.5) is 0 Å². The minimum Gasteiger partial charge on any atom is -0.467 e. The number of methoxy groups -OCH3 is 1. The van der Waals surface area contributed by atoms with E-state index in [2.05, 4.69) is 19.2 Å². The molecule has 1 saturated carbocycles. The Morgan fingerprint density at radius 2 is 1.71 bits per heavy atom. The summed E-state index contributed by atoms with van der Waals surface area (Å²) in [7, 11) is 1.30. The summed E-state index contributed by atoms with van der Waals surface area (Å²) in [6, 6.07) is 8.22. The number of ether oxygens (including phenoxy) is 1. The van der Waals surface area contributed by atoms with Crippen molar-refractivity contribution >= 4 is 17.7 Å². The molecular formula is C19H25NO4. The zero-order chi connectivity index (χ0) is 17.9. The number of esters is 1. The van der Waals surface area contributed by atoms with Crippen LogP contribution in [0.1, 0.15) is 45.2 Å². The lowest BCUT2D eigenvalue weighted by Gasteiger charge is -2.17. The molecule has 5 nitrogen and oxygen atoms in total. The molecule has 0 saturated heterocycles. The van der Waals surface area contributed by atoms with Gasteiger partial charge in [-0.05, 0) is 29.7 Å². The molecule has 0 aromatic heterocycles. The van der Waals surface area contributed by atoms with Gasteiger partial charge in [0.2, 0.25) is 5.91 Å². The molecule has 1 fully saturated rings. The molecule has 130 valence electrons. The van der Waals surface area contributed by atoms with Gasteiger partial charge in [0.15, 0.2) is 6.04 Å². The van der Waals surface area contributed by atoms with E-state index in [9.17, 15) is 14.4 Å². The Balaban J connectivity index is 2.02. The summed E-state index contributed by atoms with van der Waals surface area (Å²) in [4.78, 5) is 35.8. The van der Waals surface area contributed by atoms with Gasteiger partial charge in [-0.3, -0.25) is 4.79 Å². The average molecular weight is 331 g/mol. The van der Waals surface area contributed by atoms with Crippen LogP contribution < -0.4 is 5.32 Å². The van der Waals surface area contributed by atoms with Crippen molar-refractivity contribution in [2.24, 2.45) is 17.3 Å². The fourth-order valence-corrected chi connectivity index (χ4v) is 3.44. The van der Waals surface area contributed by atoms with E-state index >= 15 is 0 Å². The largest absolute Gasteiger partial charge is 0.467 e. The molecule has 1 aromatic rings. The van der Waals surface area contributed by atoms with Crippen molar-refractivity contribution in [2.45, 2.75) is 39.7 Å². The van der Waals surface area contributed by atoms with Crippen molar-refractivity contribution in [3.8, 4) is 0 Å². The predicted molar refractivity (Wildman–Crippen MR) is 90.0 cm³/mol. The Morgan fingerprint density at radius 3 is 2.25 bits per heavy atom. The van der Waals surface area contributed by atoms with Crippen LogP contribution >= 0.6 is 0 Å². The lowest BCUT2D eigenvalue weighted by atomic mass is 10.0. The van der Waals surface area contributed by atoms with Crippen LogP contribution in [0.15, 0.2) is 30.3 Å². The van der Waals surface area contributed by atoms with Crippen LogP contribution in [-0.4, -0.2) is 24.8 Å². The SMILES string of the molecule is COC(=O)[C@@H](NC(=O)C[C@@H]1[C@H](CC(C)=O)C1(C)C)c1ccccc1. The Hall–Kier alpha value is -2.17. The van der Waals surface area contributed by atoms with Crippen LogP contribution in [-0.2, 0) is 19.1 Å². The van der Waals surface area contributed by atoms with Gasteiger partial charge in [-0.2, -0.15) is 0 Å². The van der Waals surface area contributed by atoms with Crippen molar-refractivity contribution in [1.82, 2.24) is 5.32 Å². The van der Waals surface area contributed by atoms with Crippen molar-refractivity contribution in [1.29, 1.82) is 0 Å². The molecular weight excluding hydrogens is 306 g/mol. The molecule has 1 amide bonds. The minimum absolute atomic E-state index is 0.0173. The third-order valence-electron chi connectivity index (χ3n) is 5.08. The minimum atomic E-state index is -0.809. The van der Waals surface area contributed by atoms with Gasteiger partial charge in [0, 0.05) is 12.8 Å². The quantitative estimate of drug-likeness (QED) is 0.780. The summed E-state index contributed by atoms with van der Waals surface area (Å²) in [5.74, 6) is -0.152. The average Bonchev–Trinajstić information content (AvgIpc) is 3.03. The van der Waals surface area contributed by atoms with Gasteiger partial charge in [-0.25, -0.2) is 4.79 Å². The number of hydrogen-bond acceptors (Lipinski definition) is 4. The third-order valence-corrected chi connectivity index (χ3v) is 5.08. The topological polar surface area (TPSA) is 72.5 Å². The van der Waals surface area contributed by atoms with Crippen molar-refractivity contribution in [3.63, 3.8) is 0 Å². The van der Waals surface area contributed by atoms with E-state index in [-0.39, 0.29) is 28.9 Å². The smallest absolute Gasteiger partial charge is 0.333 e. The molecule has 1 aliphatic carbocycles. The van der Waals surface area contributed by atoms with Crippen molar-refractivity contribution < 1.29 is 19.1 Å². The molecule has 1 N–H and O–H groups in total. The third kappa shape index (κ3) is 4.02. The summed E-state index contributed by atoms with van der Waals surface area (Å²) in [5.41, 5.74) is 0.671. The number of nitrogens with one attached hydrogen (secondary N) is 1. The normalized spacial score (nSPS) is 22.3. The van der Waals surface area contributed by atoms with Gasteiger partial charge in [0.05, 0.1) is 7.11 Å². The number of ketones is 1. The number of benzene rings is 1. The van der Waals surface area contributed by atoms with Crippen LogP contribution in [0, 0.1) is 17.3 Å². The molecule has 24 heavy (non-hydrogen) atoms. The zero-order valence-corrected chi connectivity index (χ0v) is 14.7. The second-order valence-electron chi connectivity index (χ2n) is 7.08. The lowest BCUT2D eigenvalue weighted by molar-refractivity contribution is -0.145. The number of carbonyl (C=O) groups excluding carboxylic acids is 3. The maximum Gasteiger partial charge on any atom is 0.333 e. The first-order chi connectivity index (χ1) is 11.3. The van der Waals surface area contributed by atoms with E-state index in [0.29, 0.717) is 18.4 Å². The summed E-state index contributed by atoms with van der Waals surface area (Å²) in [5, 5.41) is 2.77. The molecule has 1 aromatic carbocycles. The van der Waals surface area contributed by atoms with Gasteiger partial charge in [-0.1, -0.05) is 44.2 Å². The van der Waals surface area contributed by atoms with E-state index in [1.165, 1.54) is 7.11 Å². The van der Waals surface area contributed by atoms with Crippen LogP contribution in [0.2, 0.25) is 0 Å². The molecule has 2 rings (SSSR count). The van der Waals surface area contributed by atoms with Crippen molar-refractivity contribution in [2.75, 3.05) is 7.11 Å². The van der Waals surface area contributed by atoms with Gasteiger partial charge in [0.1, 0.15) is 5.78 Å². The van der Waals surface area contributed by atoms with Gasteiger partial charge in [-0.15, -0.1) is 0 Å². The molecule has 0 unspecified atom stereocenters. The monoisotopic (exact) mass is 331 g/mol. The summed E-state index contributed by atoms with van der Waals surface area (Å²) < 4.78 is 4.80. The molecule has 3 atom stereocenters. The van der Waals surface area contributed by atoms with Crippen LogP contribution in [0.3, 0.4) is 0 Å². The second-order valence-corrected chi connectivity index (χ2v) is 7.08. The first-order valence-electron chi connectivity index (χ1n) is 8.19. The Bertz CT molecular complexity index is 624. The summed E-state index contributed by atoms with van der Waals surface area (Å²) in [6.07, 6.45) is 0.815. The van der Waals surface area contributed by atoms with E-state index in [0.717, 1.165) is 0 Å². The maximum atomic E-state index is 12.4. The van der Waals surface area contributed by atoms with E-state index < -0.39 is 12.0 Å². The first kappa shape index (κ1) is 18.2. The van der Waals surface area contributed by atoms with Gasteiger partial charge >= 0.3 is 5.97 Å². The van der Waals surface area contributed by atoms with E-state index in [4.69, 9.17) is 4.74 Å². The van der Waals surface area contributed by atoms with Crippen LogP contribution in [0.5, 0.6) is 0 Å².